The van der Waals surface area contributed by atoms with E-state index in [1.807, 2.05) is 18.2 Å². The molecule has 1 aromatic carbocycles. The van der Waals surface area contributed by atoms with Gasteiger partial charge in [-0.3, -0.25) is 9.48 Å². The van der Waals surface area contributed by atoms with Crippen molar-refractivity contribution in [3.8, 4) is 22.8 Å². The van der Waals surface area contributed by atoms with Crippen LogP contribution < -0.4 is 14.8 Å². The highest BCUT2D eigenvalue weighted by Gasteiger charge is 2.32. The Morgan fingerprint density at radius 1 is 1.16 bits per heavy atom. The molecule has 1 atom stereocenters. The van der Waals surface area contributed by atoms with E-state index in [0.29, 0.717) is 29.3 Å². The normalized spacial score (nSPS) is 15.4. The fourth-order valence-corrected chi connectivity index (χ4v) is 4.38. The van der Waals surface area contributed by atoms with Crippen LogP contribution in [0.15, 0.2) is 24.3 Å². The predicted octanol–water partition coefficient (Wildman–Crippen LogP) is 3.99. The predicted molar refractivity (Wildman–Crippen MR) is 121 cm³/mol. The number of ether oxygens (including phenoxy) is 2. The van der Waals surface area contributed by atoms with Gasteiger partial charge in [0, 0.05) is 6.54 Å². The molecular weight excluding hydrogens is 410 g/mol. The Hall–Kier alpha value is -3.03. The lowest BCUT2D eigenvalue weighted by atomic mass is 9.84. The first kappa shape index (κ1) is 23.6. The number of rotatable bonds is 9. The van der Waals surface area contributed by atoms with Gasteiger partial charge >= 0.3 is 5.97 Å². The molecule has 1 amide bonds. The zero-order chi connectivity index (χ0) is 23.3. The van der Waals surface area contributed by atoms with Crippen molar-refractivity contribution in [1.29, 1.82) is 0 Å². The lowest BCUT2D eigenvalue weighted by Crippen LogP contribution is -2.46. The summed E-state index contributed by atoms with van der Waals surface area (Å²) in [4.78, 5) is 25.0. The van der Waals surface area contributed by atoms with Crippen LogP contribution in [0, 0.1) is 11.8 Å². The molecule has 1 saturated carbocycles. The first-order valence-corrected chi connectivity index (χ1v) is 11.2. The van der Waals surface area contributed by atoms with E-state index in [4.69, 9.17) is 9.47 Å². The Balaban J connectivity index is 1.97. The number of carboxylic acids is 1. The molecule has 8 heteroatoms. The van der Waals surface area contributed by atoms with Gasteiger partial charge in [0.1, 0.15) is 17.5 Å². The summed E-state index contributed by atoms with van der Waals surface area (Å²) in [6.07, 6.45) is 4.71. The summed E-state index contributed by atoms with van der Waals surface area (Å²) < 4.78 is 12.9. The number of nitrogens with one attached hydrogen (secondary N) is 1. The zero-order valence-corrected chi connectivity index (χ0v) is 19.3. The van der Waals surface area contributed by atoms with Crippen molar-refractivity contribution >= 4 is 11.9 Å². The maximum atomic E-state index is 13.1. The third-order valence-corrected chi connectivity index (χ3v) is 5.91. The quantitative estimate of drug-likeness (QED) is 0.608. The minimum atomic E-state index is -1.00. The van der Waals surface area contributed by atoms with Crippen molar-refractivity contribution in [2.75, 3.05) is 14.2 Å². The van der Waals surface area contributed by atoms with E-state index in [2.05, 4.69) is 24.3 Å². The number of benzene rings is 1. The molecule has 1 aliphatic rings. The fourth-order valence-electron chi connectivity index (χ4n) is 4.38. The summed E-state index contributed by atoms with van der Waals surface area (Å²) in [7, 11) is 3.16. The molecule has 1 fully saturated rings. The molecule has 0 saturated heterocycles. The minimum Gasteiger partial charge on any atom is -0.496 e. The minimum absolute atomic E-state index is 0.0586. The first-order chi connectivity index (χ1) is 15.3. The molecule has 2 N–H and O–H groups in total. The maximum absolute atomic E-state index is 13.1. The lowest BCUT2D eigenvalue weighted by Gasteiger charge is -2.27. The number of carbonyl (C=O) groups excluding carboxylic acids is 1. The SMILES string of the molecule is COc1cccc(OC)c1-c1cc(C(=O)NC(C(=O)O)C2CCCCC2)nn1CC(C)C. The summed E-state index contributed by atoms with van der Waals surface area (Å²) in [5.41, 5.74) is 1.56. The van der Waals surface area contributed by atoms with Crippen LogP contribution in [-0.4, -0.2) is 47.0 Å². The molecule has 32 heavy (non-hydrogen) atoms. The van der Waals surface area contributed by atoms with Gasteiger partial charge in [-0.1, -0.05) is 39.2 Å². The number of methoxy groups -OCH3 is 2. The molecule has 1 aromatic heterocycles. The Morgan fingerprint density at radius 3 is 2.31 bits per heavy atom. The van der Waals surface area contributed by atoms with Crippen molar-refractivity contribution in [2.45, 2.75) is 58.5 Å². The molecular formula is C24H33N3O5. The van der Waals surface area contributed by atoms with Gasteiger partial charge in [0.05, 0.1) is 25.5 Å². The van der Waals surface area contributed by atoms with Gasteiger partial charge in [0.15, 0.2) is 5.69 Å². The van der Waals surface area contributed by atoms with Crippen molar-refractivity contribution < 1.29 is 24.2 Å². The molecule has 0 bridgehead atoms. The molecule has 1 aliphatic carbocycles. The highest BCUT2D eigenvalue weighted by Crippen LogP contribution is 2.39. The van der Waals surface area contributed by atoms with Gasteiger partial charge < -0.3 is 19.9 Å². The Labute approximate surface area is 188 Å². The highest BCUT2D eigenvalue weighted by molar-refractivity contribution is 5.96. The number of aliphatic carboxylic acids is 1. The van der Waals surface area contributed by atoms with Crippen LogP contribution in [0.4, 0.5) is 0 Å². The standard InChI is InChI=1S/C24H33N3O5/c1-15(2)14-27-18(21-19(31-3)11-8-12-20(21)32-4)13-17(26-27)23(28)25-22(24(29)30)16-9-6-5-7-10-16/h8,11-13,15-16,22H,5-7,9-10,14H2,1-4H3,(H,25,28)(H,29,30). The van der Waals surface area contributed by atoms with E-state index < -0.39 is 17.9 Å². The smallest absolute Gasteiger partial charge is 0.326 e. The molecule has 0 spiro atoms. The molecule has 8 nitrogen and oxygen atoms in total. The fraction of sp³-hybridized carbons (Fsp3) is 0.542. The Kier molecular flexibility index (Phi) is 7.77. The highest BCUT2D eigenvalue weighted by atomic mass is 16.5. The third-order valence-electron chi connectivity index (χ3n) is 5.91. The van der Waals surface area contributed by atoms with Crippen molar-refractivity contribution in [1.82, 2.24) is 15.1 Å². The van der Waals surface area contributed by atoms with E-state index >= 15 is 0 Å². The van der Waals surface area contributed by atoms with Crippen LogP contribution in [0.25, 0.3) is 11.3 Å². The number of amides is 1. The topological polar surface area (TPSA) is 103 Å². The van der Waals surface area contributed by atoms with Gasteiger partial charge in [-0.05, 0) is 42.9 Å². The molecule has 2 aromatic rings. The van der Waals surface area contributed by atoms with Crippen LogP contribution in [0.5, 0.6) is 11.5 Å². The van der Waals surface area contributed by atoms with Gasteiger partial charge in [-0.15, -0.1) is 0 Å². The molecule has 0 radical (unpaired) electrons. The van der Waals surface area contributed by atoms with Crippen LogP contribution in [0.2, 0.25) is 0 Å². The van der Waals surface area contributed by atoms with E-state index in [0.717, 1.165) is 32.1 Å². The monoisotopic (exact) mass is 443 g/mol. The average molecular weight is 444 g/mol. The van der Waals surface area contributed by atoms with Crippen molar-refractivity contribution in [2.24, 2.45) is 11.8 Å². The molecule has 1 heterocycles. The van der Waals surface area contributed by atoms with Crippen molar-refractivity contribution in [3.05, 3.63) is 30.0 Å². The second kappa shape index (κ2) is 10.5. The number of carboxylic acid groups (broad SMARTS) is 1. The van der Waals surface area contributed by atoms with Gasteiger partial charge in [-0.25, -0.2) is 4.79 Å². The van der Waals surface area contributed by atoms with Crippen LogP contribution in [-0.2, 0) is 11.3 Å². The molecule has 1 unspecified atom stereocenters. The van der Waals surface area contributed by atoms with Crippen LogP contribution >= 0.6 is 0 Å². The molecule has 0 aliphatic heterocycles. The number of carbonyl (C=O) groups is 2. The summed E-state index contributed by atoms with van der Waals surface area (Å²) >= 11 is 0. The number of aromatic nitrogens is 2. The summed E-state index contributed by atoms with van der Waals surface area (Å²) in [6.45, 7) is 4.71. The average Bonchev–Trinajstić information content (AvgIpc) is 3.19. The van der Waals surface area contributed by atoms with Crippen molar-refractivity contribution in [3.63, 3.8) is 0 Å². The Morgan fingerprint density at radius 2 is 1.78 bits per heavy atom. The van der Waals surface area contributed by atoms with Gasteiger partial charge in [-0.2, -0.15) is 5.10 Å². The second-order valence-corrected chi connectivity index (χ2v) is 8.72. The van der Waals surface area contributed by atoms with E-state index in [-0.39, 0.29) is 17.5 Å². The lowest BCUT2D eigenvalue weighted by molar-refractivity contribution is -0.141. The number of hydrogen-bond donors (Lipinski definition) is 2. The maximum Gasteiger partial charge on any atom is 0.326 e. The Bertz CT molecular complexity index is 925. The number of hydrogen-bond acceptors (Lipinski definition) is 5. The molecule has 174 valence electrons. The van der Waals surface area contributed by atoms with E-state index in [1.165, 1.54) is 0 Å². The van der Waals surface area contributed by atoms with Crippen LogP contribution in [0.1, 0.15) is 56.4 Å². The number of nitrogens with zero attached hydrogens (tertiary/aromatic N) is 2. The van der Waals surface area contributed by atoms with Crippen LogP contribution in [0.3, 0.4) is 0 Å². The zero-order valence-electron chi connectivity index (χ0n) is 19.3. The first-order valence-electron chi connectivity index (χ1n) is 11.2. The van der Waals surface area contributed by atoms with E-state index in [9.17, 15) is 14.7 Å². The van der Waals surface area contributed by atoms with Gasteiger partial charge in [0.25, 0.3) is 5.91 Å². The summed E-state index contributed by atoms with van der Waals surface area (Å²) in [5.74, 6) is -0.0613. The van der Waals surface area contributed by atoms with E-state index in [1.54, 1.807) is 25.0 Å². The largest absolute Gasteiger partial charge is 0.496 e. The van der Waals surface area contributed by atoms with Gasteiger partial charge in [0.2, 0.25) is 0 Å². The summed E-state index contributed by atoms with van der Waals surface area (Å²) in [5, 5.41) is 17.0. The summed E-state index contributed by atoms with van der Waals surface area (Å²) in [6, 6.07) is 6.25. The molecule has 3 rings (SSSR count). The third kappa shape index (κ3) is 5.23. The second-order valence-electron chi connectivity index (χ2n) is 8.72.